The van der Waals surface area contributed by atoms with E-state index in [-0.39, 0.29) is 0 Å². The lowest BCUT2D eigenvalue weighted by Crippen LogP contribution is -2.83. The maximum atomic E-state index is 3.45. The van der Waals surface area contributed by atoms with Gasteiger partial charge in [0.25, 0.3) is 11.7 Å². The molecule has 0 spiro atoms. The van der Waals surface area contributed by atoms with E-state index in [2.05, 4.69) is 67.3 Å². The van der Waals surface area contributed by atoms with Gasteiger partial charge in [-0.25, -0.2) is 5.32 Å². The topological polar surface area (TPSA) is 40.0 Å². The summed E-state index contributed by atoms with van der Waals surface area (Å²) < 4.78 is 0. The van der Waals surface area contributed by atoms with Crippen molar-refractivity contribution in [3.63, 3.8) is 0 Å². The summed E-state index contributed by atoms with van der Waals surface area (Å²) in [5.74, 6) is 2.19. The molecule has 0 unspecified atom stereocenters. The zero-order valence-electron chi connectivity index (χ0n) is 11.0. The smallest absolute Gasteiger partial charge is 0.272 e. The Labute approximate surface area is 103 Å². The SMILES string of the molecule is CC(C)[NH+]=C1NC(=[NH+]C(C)C)c2ccccc21. The van der Waals surface area contributed by atoms with Crippen LogP contribution in [0.5, 0.6) is 0 Å². The van der Waals surface area contributed by atoms with Crippen molar-refractivity contribution in [3.05, 3.63) is 35.4 Å². The predicted molar refractivity (Wildman–Crippen MR) is 70.0 cm³/mol. The molecule has 17 heavy (non-hydrogen) atoms. The van der Waals surface area contributed by atoms with E-state index >= 15 is 0 Å². The highest BCUT2D eigenvalue weighted by Gasteiger charge is 2.31. The molecule has 2 rings (SSSR count). The normalized spacial score (nSPS) is 19.2. The molecule has 0 saturated heterocycles. The van der Waals surface area contributed by atoms with E-state index in [1.54, 1.807) is 0 Å². The van der Waals surface area contributed by atoms with Gasteiger partial charge in [0, 0.05) is 0 Å². The van der Waals surface area contributed by atoms with E-state index in [4.69, 9.17) is 0 Å². The van der Waals surface area contributed by atoms with Gasteiger partial charge in [0.1, 0.15) is 0 Å². The molecular weight excluding hydrogens is 210 g/mol. The first-order valence-electron chi connectivity index (χ1n) is 6.21. The van der Waals surface area contributed by atoms with Gasteiger partial charge in [-0.05, 0) is 39.8 Å². The second kappa shape index (κ2) is 4.70. The van der Waals surface area contributed by atoms with Crippen molar-refractivity contribution in [2.45, 2.75) is 39.8 Å². The molecule has 3 heteroatoms. The quantitative estimate of drug-likeness (QED) is 0.585. The van der Waals surface area contributed by atoms with Crippen LogP contribution >= 0.6 is 0 Å². The van der Waals surface area contributed by atoms with Crippen molar-refractivity contribution in [1.29, 1.82) is 0 Å². The molecule has 1 heterocycles. The Morgan fingerprint density at radius 1 is 0.824 bits per heavy atom. The highest BCUT2D eigenvalue weighted by Crippen LogP contribution is 2.11. The lowest BCUT2D eigenvalue weighted by molar-refractivity contribution is -0.499. The molecule has 1 aromatic carbocycles. The van der Waals surface area contributed by atoms with Crippen LogP contribution in [0.15, 0.2) is 24.3 Å². The van der Waals surface area contributed by atoms with Crippen LogP contribution in [0.1, 0.15) is 38.8 Å². The summed E-state index contributed by atoms with van der Waals surface area (Å²) >= 11 is 0. The summed E-state index contributed by atoms with van der Waals surface area (Å²) in [5.41, 5.74) is 2.48. The van der Waals surface area contributed by atoms with Crippen LogP contribution in [0, 0.1) is 0 Å². The highest BCUT2D eigenvalue weighted by atomic mass is 15.1. The summed E-state index contributed by atoms with van der Waals surface area (Å²) in [6.07, 6.45) is 0. The second-order valence-electron chi connectivity index (χ2n) is 5.02. The summed E-state index contributed by atoms with van der Waals surface area (Å²) in [4.78, 5) is 6.89. The molecular formula is C14H21N3+2. The summed E-state index contributed by atoms with van der Waals surface area (Å²) in [6.45, 7) is 8.58. The molecule has 0 aliphatic carbocycles. The van der Waals surface area contributed by atoms with Gasteiger partial charge in [-0.1, -0.05) is 12.1 Å². The molecule has 0 amide bonds. The van der Waals surface area contributed by atoms with Crippen LogP contribution in [0.2, 0.25) is 0 Å². The Balaban J connectivity index is 2.47. The monoisotopic (exact) mass is 231 g/mol. The Bertz CT molecular complexity index is 427. The van der Waals surface area contributed by atoms with Gasteiger partial charge in [0.05, 0.1) is 23.2 Å². The third-order valence-corrected chi connectivity index (χ3v) is 2.58. The molecule has 0 fully saturated rings. The average molecular weight is 231 g/mol. The van der Waals surface area contributed by atoms with Crippen molar-refractivity contribution in [2.24, 2.45) is 0 Å². The minimum atomic E-state index is 0.420. The number of rotatable bonds is 2. The molecule has 0 aromatic heterocycles. The molecule has 1 aliphatic heterocycles. The number of nitrogens with one attached hydrogen (secondary N) is 3. The van der Waals surface area contributed by atoms with Crippen molar-refractivity contribution in [2.75, 3.05) is 0 Å². The van der Waals surface area contributed by atoms with E-state index in [1.165, 1.54) is 11.1 Å². The molecule has 90 valence electrons. The number of fused-ring (bicyclic) bond motifs is 1. The molecule has 0 bridgehead atoms. The van der Waals surface area contributed by atoms with Gasteiger partial charge < -0.3 is 0 Å². The largest absolute Gasteiger partial charge is 0.284 e. The van der Waals surface area contributed by atoms with Crippen molar-refractivity contribution in [1.82, 2.24) is 5.32 Å². The molecule has 3 N–H and O–H groups in total. The minimum absolute atomic E-state index is 0.420. The number of benzene rings is 1. The first-order chi connectivity index (χ1) is 8.08. The van der Waals surface area contributed by atoms with E-state index in [9.17, 15) is 0 Å². The van der Waals surface area contributed by atoms with Crippen LogP contribution < -0.4 is 15.3 Å². The van der Waals surface area contributed by atoms with Gasteiger partial charge in [0.2, 0.25) is 0 Å². The zero-order valence-corrected chi connectivity index (χ0v) is 11.0. The van der Waals surface area contributed by atoms with Gasteiger partial charge >= 0.3 is 0 Å². The second-order valence-corrected chi connectivity index (χ2v) is 5.02. The van der Waals surface area contributed by atoms with Gasteiger partial charge in [-0.3, -0.25) is 9.98 Å². The zero-order chi connectivity index (χ0) is 12.4. The lowest BCUT2D eigenvalue weighted by atomic mass is 10.1. The number of hydrogen-bond acceptors (Lipinski definition) is 0. The van der Waals surface area contributed by atoms with E-state index in [0.717, 1.165) is 11.7 Å². The standard InChI is InChI=1S/C14H19N3/c1-9(2)15-13-11-7-5-6-8-12(11)14(17-13)16-10(3)4/h5-10H,1-4H3,(H,15,16,17)/p+2. The van der Waals surface area contributed by atoms with E-state index in [0.29, 0.717) is 12.1 Å². The first kappa shape index (κ1) is 11.8. The molecule has 1 aliphatic rings. The summed E-state index contributed by atoms with van der Waals surface area (Å²) in [6, 6.07) is 9.26. The number of amidine groups is 2. The van der Waals surface area contributed by atoms with Crippen LogP contribution in [-0.2, 0) is 0 Å². The van der Waals surface area contributed by atoms with Crippen molar-refractivity contribution in [3.8, 4) is 0 Å². The Morgan fingerprint density at radius 3 is 1.59 bits per heavy atom. The van der Waals surface area contributed by atoms with Gasteiger partial charge in [-0.2, -0.15) is 0 Å². The molecule has 0 radical (unpaired) electrons. The Morgan fingerprint density at radius 2 is 1.24 bits per heavy atom. The fourth-order valence-corrected chi connectivity index (χ4v) is 1.98. The van der Waals surface area contributed by atoms with Crippen LogP contribution in [0.4, 0.5) is 0 Å². The summed E-state index contributed by atoms with van der Waals surface area (Å²) in [7, 11) is 0. The van der Waals surface area contributed by atoms with E-state index in [1.807, 2.05) is 0 Å². The maximum absolute atomic E-state index is 3.45. The maximum Gasteiger partial charge on any atom is 0.284 e. The lowest BCUT2D eigenvalue weighted by Gasteiger charge is -1.96. The molecule has 0 atom stereocenters. The summed E-state index contributed by atoms with van der Waals surface area (Å²) in [5, 5.41) is 3.43. The Hall–Kier alpha value is -1.64. The average Bonchev–Trinajstić information content (AvgIpc) is 2.56. The first-order valence-corrected chi connectivity index (χ1v) is 6.21. The number of hydrogen-bond donors (Lipinski definition) is 3. The Kier molecular flexibility index (Phi) is 3.27. The van der Waals surface area contributed by atoms with Gasteiger partial charge in [0.15, 0.2) is 0 Å². The highest BCUT2D eigenvalue weighted by molar-refractivity contribution is 6.21. The van der Waals surface area contributed by atoms with Crippen LogP contribution in [0.3, 0.4) is 0 Å². The third-order valence-electron chi connectivity index (χ3n) is 2.58. The van der Waals surface area contributed by atoms with Crippen molar-refractivity contribution >= 4 is 11.7 Å². The molecule has 3 nitrogen and oxygen atoms in total. The minimum Gasteiger partial charge on any atom is -0.272 e. The molecule has 0 saturated carbocycles. The molecule has 1 aromatic rings. The fourth-order valence-electron chi connectivity index (χ4n) is 1.98. The van der Waals surface area contributed by atoms with Crippen LogP contribution in [-0.4, -0.2) is 23.8 Å². The van der Waals surface area contributed by atoms with Gasteiger partial charge in [-0.15, -0.1) is 0 Å². The fraction of sp³-hybridized carbons (Fsp3) is 0.429. The predicted octanol–water partition coefficient (Wildman–Crippen LogP) is -1.24. The third kappa shape index (κ3) is 2.54. The van der Waals surface area contributed by atoms with Crippen LogP contribution in [0.25, 0.3) is 0 Å². The van der Waals surface area contributed by atoms with Crippen molar-refractivity contribution < 1.29 is 9.98 Å². The van der Waals surface area contributed by atoms with E-state index < -0.39 is 0 Å².